The first kappa shape index (κ1) is 15.7. The summed E-state index contributed by atoms with van der Waals surface area (Å²) in [6, 6.07) is 9.89. The fourth-order valence-corrected chi connectivity index (χ4v) is 3.91. The molecule has 4 N–H and O–H groups in total. The highest BCUT2D eigenvalue weighted by Crippen LogP contribution is 2.44. The number of rotatable bonds is 3. The second kappa shape index (κ2) is 6.14. The van der Waals surface area contributed by atoms with Crippen molar-refractivity contribution in [3.8, 4) is 5.75 Å². The number of pyridine rings is 1. The number of para-hydroxylation sites is 1. The number of thioether (sulfide) groups is 1. The van der Waals surface area contributed by atoms with E-state index >= 15 is 0 Å². The molecule has 0 radical (unpaired) electrons. The number of nitrogens with two attached hydrogens (primary N) is 2. The van der Waals surface area contributed by atoms with Gasteiger partial charge >= 0.3 is 0 Å². The SMILES string of the molecule is COc1c(C)cnc(C2=C(N)N(c3ccccc3)C(N)S2)c1C. The average Bonchev–Trinajstić information content (AvgIpc) is 2.83. The number of aromatic nitrogens is 1. The number of nitrogens with zero attached hydrogens (tertiary/aromatic N) is 2. The molecule has 0 bridgehead atoms. The third kappa shape index (κ3) is 2.64. The van der Waals surface area contributed by atoms with E-state index in [0.717, 1.165) is 33.2 Å². The average molecular weight is 328 g/mol. The van der Waals surface area contributed by atoms with Crippen LogP contribution in [-0.4, -0.2) is 17.6 Å². The first-order valence-corrected chi connectivity index (χ1v) is 8.19. The highest BCUT2D eigenvalue weighted by atomic mass is 32.2. The summed E-state index contributed by atoms with van der Waals surface area (Å²) < 4.78 is 5.49. The lowest BCUT2D eigenvalue weighted by molar-refractivity contribution is 0.407. The summed E-state index contributed by atoms with van der Waals surface area (Å²) in [5.41, 5.74) is 16.2. The molecule has 23 heavy (non-hydrogen) atoms. The van der Waals surface area contributed by atoms with Crippen molar-refractivity contribution in [3.63, 3.8) is 0 Å². The Bertz CT molecular complexity index is 761. The number of benzene rings is 1. The molecule has 2 aromatic rings. The summed E-state index contributed by atoms with van der Waals surface area (Å²) in [6.45, 7) is 3.97. The van der Waals surface area contributed by atoms with E-state index in [1.54, 1.807) is 13.3 Å². The van der Waals surface area contributed by atoms with E-state index in [9.17, 15) is 0 Å². The number of ether oxygens (including phenoxy) is 1. The van der Waals surface area contributed by atoms with Gasteiger partial charge in [0, 0.05) is 23.0 Å². The quantitative estimate of drug-likeness (QED) is 0.902. The molecule has 3 rings (SSSR count). The Morgan fingerprint density at radius 2 is 1.91 bits per heavy atom. The molecule has 0 fully saturated rings. The fourth-order valence-electron chi connectivity index (χ4n) is 2.80. The molecule has 5 nitrogen and oxygen atoms in total. The minimum atomic E-state index is -0.277. The van der Waals surface area contributed by atoms with Gasteiger partial charge in [0.25, 0.3) is 0 Å². The van der Waals surface area contributed by atoms with E-state index in [0.29, 0.717) is 5.82 Å². The molecule has 1 atom stereocenters. The predicted octanol–water partition coefficient (Wildman–Crippen LogP) is 2.79. The number of aryl methyl sites for hydroxylation is 1. The van der Waals surface area contributed by atoms with Gasteiger partial charge in [-0.15, -0.1) is 0 Å². The molecule has 1 unspecified atom stereocenters. The van der Waals surface area contributed by atoms with E-state index in [2.05, 4.69) is 4.98 Å². The third-order valence-electron chi connectivity index (χ3n) is 3.88. The Balaban J connectivity index is 2.09. The van der Waals surface area contributed by atoms with Crippen molar-refractivity contribution >= 4 is 22.4 Å². The van der Waals surface area contributed by atoms with E-state index in [1.807, 2.05) is 49.1 Å². The Morgan fingerprint density at radius 3 is 2.57 bits per heavy atom. The van der Waals surface area contributed by atoms with E-state index in [-0.39, 0.29) is 5.50 Å². The molecular formula is C17H20N4OS. The summed E-state index contributed by atoms with van der Waals surface area (Å²) in [4.78, 5) is 7.37. The van der Waals surface area contributed by atoms with Crippen molar-refractivity contribution in [2.45, 2.75) is 19.3 Å². The van der Waals surface area contributed by atoms with Gasteiger partial charge in [-0.2, -0.15) is 0 Å². The lowest BCUT2D eigenvalue weighted by atomic mass is 10.1. The van der Waals surface area contributed by atoms with E-state index in [1.165, 1.54) is 11.8 Å². The molecule has 6 heteroatoms. The maximum Gasteiger partial charge on any atom is 0.136 e. The molecule has 1 aliphatic heterocycles. The van der Waals surface area contributed by atoms with E-state index in [4.69, 9.17) is 16.2 Å². The van der Waals surface area contributed by atoms with Crippen molar-refractivity contribution in [1.82, 2.24) is 4.98 Å². The van der Waals surface area contributed by atoms with Crippen LogP contribution in [-0.2, 0) is 0 Å². The normalized spacial score (nSPS) is 17.7. The maximum absolute atomic E-state index is 6.40. The van der Waals surface area contributed by atoms with Gasteiger partial charge in [-0.05, 0) is 26.0 Å². The van der Waals surface area contributed by atoms with Crippen LogP contribution < -0.4 is 21.1 Å². The van der Waals surface area contributed by atoms with Crippen molar-refractivity contribution in [3.05, 3.63) is 59.2 Å². The summed E-state index contributed by atoms with van der Waals surface area (Å²) in [5, 5.41) is 0. The second-order valence-corrected chi connectivity index (χ2v) is 6.50. The predicted molar refractivity (Wildman–Crippen MR) is 95.9 cm³/mol. The second-order valence-electron chi connectivity index (χ2n) is 5.38. The van der Waals surface area contributed by atoms with Crippen LogP contribution in [0.1, 0.15) is 16.8 Å². The van der Waals surface area contributed by atoms with Crippen LogP contribution in [0.2, 0.25) is 0 Å². The van der Waals surface area contributed by atoms with Gasteiger partial charge in [0.1, 0.15) is 17.1 Å². The van der Waals surface area contributed by atoms with Gasteiger partial charge in [0.2, 0.25) is 0 Å². The molecule has 2 heterocycles. The molecule has 120 valence electrons. The summed E-state index contributed by atoms with van der Waals surface area (Å²) >= 11 is 1.51. The first-order chi connectivity index (χ1) is 11.0. The van der Waals surface area contributed by atoms with Crippen LogP contribution >= 0.6 is 11.8 Å². The molecule has 0 aliphatic carbocycles. The lowest BCUT2D eigenvalue weighted by Crippen LogP contribution is -2.37. The Morgan fingerprint density at radius 1 is 1.22 bits per heavy atom. The highest BCUT2D eigenvalue weighted by Gasteiger charge is 2.32. The molecule has 1 aromatic heterocycles. The van der Waals surface area contributed by atoms with Gasteiger partial charge in [-0.25, -0.2) is 0 Å². The number of methoxy groups -OCH3 is 1. The zero-order valence-electron chi connectivity index (χ0n) is 13.4. The van der Waals surface area contributed by atoms with Crippen LogP contribution in [0.5, 0.6) is 5.75 Å². The van der Waals surface area contributed by atoms with Gasteiger partial charge in [0.15, 0.2) is 0 Å². The Hall–Kier alpha value is -2.18. The number of anilines is 1. The molecule has 0 saturated heterocycles. The molecular weight excluding hydrogens is 308 g/mol. The Kier molecular flexibility index (Phi) is 4.19. The molecule has 0 spiro atoms. The van der Waals surface area contributed by atoms with Crippen molar-refractivity contribution in [2.75, 3.05) is 12.0 Å². The fraction of sp³-hybridized carbons (Fsp3) is 0.235. The molecule has 1 aliphatic rings. The Labute approximate surface area is 140 Å². The van der Waals surface area contributed by atoms with Crippen LogP contribution in [0.3, 0.4) is 0 Å². The smallest absolute Gasteiger partial charge is 0.136 e. The third-order valence-corrected chi connectivity index (χ3v) is 4.97. The maximum atomic E-state index is 6.40. The van der Waals surface area contributed by atoms with Crippen LogP contribution in [0.4, 0.5) is 5.69 Å². The summed E-state index contributed by atoms with van der Waals surface area (Å²) in [5.74, 6) is 1.46. The number of hydrogen-bond acceptors (Lipinski definition) is 6. The zero-order chi connectivity index (χ0) is 16.6. The topological polar surface area (TPSA) is 77.4 Å². The monoisotopic (exact) mass is 328 g/mol. The number of hydrogen-bond donors (Lipinski definition) is 2. The van der Waals surface area contributed by atoms with Crippen molar-refractivity contribution in [1.29, 1.82) is 0 Å². The molecule has 0 amide bonds. The van der Waals surface area contributed by atoms with Crippen molar-refractivity contribution in [2.24, 2.45) is 11.5 Å². The van der Waals surface area contributed by atoms with Gasteiger partial charge in [-0.3, -0.25) is 4.98 Å². The first-order valence-electron chi connectivity index (χ1n) is 7.31. The summed E-state index contributed by atoms with van der Waals surface area (Å²) in [6.07, 6.45) is 1.80. The zero-order valence-corrected chi connectivity index (χ0v) is 14.2. The van der Waals surface area contributed by atoms with Crippen molar-refractivity contribution < 1.29 is 4.74 Å². The minimum absolute atomic E-state index is 0.277. The molecule has 0 saturated carbocycles. The standard InChI is InChI=1S/C17H20N4OS/c1-10-9-20-13(11(2)14(10)22-3)15-16(18)21(17(19)23-15)12-7-5-4-6-8-12/h4-9,17H,18-19H2,1-3H3. The lowest BCUT2D eigenvalue weighted by Gasteiger charge is -2.23. The summed E-state index contributed by atoms with van der Waals surface area (Å²) in [7, 11) is 1.67. The van der Waals surface area contributed by atoms with Crippen LogP contribution in [0.25, 0.3) is 4.91 Å². The van der Waals surface area contributed by atoms with Crippen LogP contribution in [0.15, 0.2) is 42.3 Å². The van der Waals surface area contributed by atoms with Crippen LogP contribution in [0, 0.1) is 13.8 Å². The minimum Gasteiger partial charge on any atom is -0.496 e. The van der Waals surface area contributed by atoms with E-state index < -0.39 is 0 Å². The highest BCUT2D eigenvalue weighted by molar-refractivity contribution is 8.09. The van der Waals surface area contributed by atoms with Gasteiger partial charge in [-0.1, -0.05) is 30.0 Å². The largest absolute Gasteiger partial charge is 0.496 e. The van der Waals surface area contributed by atoms with Gasteiger partial charge in [0.05, 0.1) is 17.7 Å². The van der Waals surface area contributed by atoms with Gasteiger partial charge < -0.3 is 21.1 Å². The molecule has 1 aromatic carbocycles.